The van der Waals surface area contributed by atoms with E-state index in [1.165, 1.54) is 0 Å². The maximum Gasteiger partial charge on any atom is 0.320 e. The van der Waals surface area contributed by atoms with E-state index in [-0.39, 0.29) is 24.5 Å². The van der Waals surface area contributed by atoms with Crippen molar-refractivity contribution in [2.24, 2.45) is 5.92 Å². The molecule has 1 saturated heterocycles. The van der Waals surface area contributed by atoms with Gasteiger partial charge in [0, 0.05) is 11.6 Å². The third-order valence-corrected chi connectivity index (χ3v) is 6.11. The molecule has 1 heterocycles. The Kier molecular flexibility index (Phi) is 6.44. The van der Waals surface area contributed by atoms with E-state index in [1.54, 1.807) is 14.2 Å². The lowest BCUT2D eigenvalue weighted by Gasteiger charge is -2.32. The lowest BCUT2D eigenvalue weighted by molar-refractivity contribution is -0.143. The maximum atomic E-state index is 12.8. The van der Waals surface area contributed by atoms with Crippen molar-refractivity contribution in [1.82, 2.24) is 10.2 Å². The minimum atomic E-state index is -0.829. The number of hydrogen-bond donors (Lipinski definition) is 2. The Balaban J connectivity index is 1.69. The molecule has 2 aliphatic rings. The number of carbonyl (C=O) groups excluding carboxylic acids is 1. The van der Waals surface area contributed by atoms with Crippen LogP contribution in [-0.4, -0.2) is 54.7 Å². The number of nitrogens with zero attached hydrogens (tertiary/aromatic N) is 1. The van der Waals surface area contributed by atoms with Gasteiger partial charge >= 0.3 is 5.97 Å². The molecule has 28 heavy (non-hydrogen) atoms. The van der Waals surface area contributed by atoms with Crippen LogP contribution in [0, 0.1) is 5.92 Å². The summed E-state index contributed by atoms with van der Waals surface area (Å²) in [5.41, 5.74) is 0.821. The first-order valence-corrected chi connectivity index (χ1v) is 9.94. The number of hydrogen-bond acceptors (Lipinski definition) is 5. The minimum Gasteiger partial charge on any atom is -0.497 e. The number of fused-ring (bicyclic) bond motifs is 1. The topological polar surface area (TPSA) is 88.1 Å². The number of amides is 1. The van der Waals surface area contributed by atoms with Gasteiger partial charge in [0.05, 0.1) is 26.8 Å². The van der Waals surface area contributed by atoms with Crippen molar-refractivity contribution >= 4 is 11.9 Å². The molecular formula is C21H30N2O5. The SMILES string of the molecule is COc1ccc(OC)c(C(C)NC(=O)CN2C(C(=O)O)CC3CCCCC32)c1. The summed E-state index contributed by atoms with van der Waals surface area (Å²) < 4.78 is 10.7. The van der Waals surface area contributed by atoms with Crippen molar-refractivity contribution in [3.05, 3.63) is 23.8 Å². The molecule has 154 valence electrons. The van der Waals surface area contributed by atoms with Crippen LogP contribution >= 0.6 is 0 Å². The molecule has 0 aromatic heterocycles. The number of rotatable bonds is 7. The monoisotopic (exact) mass is 390 g/mol. The van der Waals surface area contributed by atoms with Crippen molar-refractivity contribution in [2.75, 3.05) is 20.8 Å². The molecule has 1 aliphatic heterocycles. The van der Waals surface area contributed by atoms with Gasteiger partial charge in [-0.3, -0.25) is 14.5 Å². The van der Waals surface area contributed by atoms with Gasteiger partial charge in [-0.25, -0.2) is 0 Å². The van der Waals surface area contributed by atoms with Gasteiger partial charge in [0.1, 0.15) is 17.5 Å². The van der Waals surface area contributed by atoms with E-state index in [0.717, 1.165) is 31.2 Å². The molecule has 4 unspecified atom stereocenters. The Hall–Kier alpha value is -2.28. The van der Waals surface area contributed by atoms with E-state index >= 15 is 0 Å². The number of ether oxygens (including phenoxy) is 2. The number of methoxy groups -OCH3 is 2. The number of aliphatic carboxylic acids is 1. The highest BCUT2D eigenvalue weighted by Gasteiger charge is 2.45. The summed E-state index contributed by atoms with van der Waals surface area (Å²) in [6.45, 7) is 1.99. The van der Waals surface area contributed by atoms with E-state index < -0.39 is 12.0 Å². The van der Waals surface area contributed by atoms with Crippen LogP contribution in [0.5, 0.6) is 11.5 Å². The molecular weight excluding hydrogens is 360 g/mol. The molecule has 1 amide bonds. The molecule has 3 rings (SSSR count). The van der Waals surface area contributed by atoms with Crippen molar-refractivity contribution in [3.63, 3.8) is 0 Å². The highest BCUT2D eigenvalue weighted by Crippen LogP contribution is 2.39. The van der Waals surface area contributed by atoms with Gasteiger partial charge in [-0.1, -0.05) is 12.8 Å². The fourth-order valence-electron chi connectivity index (χ4n) is 4.73. The van der Waals surface area contributed by atoms with Crippen molar-refractivity contribution < 1.29 is 24.2 Å². The third kappa shape index (κ3) is 4.24. The Labute approximate surface area is 166 Å². The van der Waals surface area contributed by atoms with Crippen LogP contribution in [0.1, 0.15) is 50.6 Å². The zero-order valence-electron chi connectivity index (χ0n) is 16.8. The predicted octanol–water partition coefficient (Wildman–Crippen LogP) is 2.60. The molecule has 1 aromatic rings. The first kappa shape index (κ1) is 20.5. The van der Waals surface area contributed by atoms with Gasteiger partial charge in [0.2, 0.25) is 5.91 Å². The van der Waals surface area contributed by atoms with Gasteiger partial charge in [-0.05, 0) is 50.3 Å². The fraction of sp³-hybridized carbons (Fsp3) is 0.619. The van der Waals surface area contributed by atoms with Gasteiger partial charge in [-0.15, -0.1) is 0 Å². The molecule has 0 radical (unpaired) electrons. The predicted molar refractivity (Wildman–Crippen MR) is 105 cm³/mol. The summed E-state index contributed by atoms with van der Waals surface area (Å²) in [5, 5.41) is 12.6. The first-order valence-electron chi connectivity index (χ1n) is 9.94. The molecule has 1 aliphatic carbocycles. The van der Waals surface area contributed by atoms with Crippen molar-refractivity contribution in [2.45, 2.75) is 57.2 Å². The Morgan fingerprint density at radius 3 is 2.68 bits per heavy atom. The molecule has 0 bridgehead atoms. The van der Waals surface area contributed by atoms with E-state index in [0.29, 0.717) is 23.8 Å². The molecule has 2 N–H and O–H groups in total. The average molecular weight is 390 g/mol. The number of benzene rings is 1. The second kappa shape index (κ2) is 8.82. The second-order valence-electron chi connectivity index (χ2n) is 7.77. The average Bonchev–Trinajstić information content (AvgIpc) is 3.06. The van der Waals surface area contributed by atoms with Gasteiger partial charge in [-0.2, -0.15) is 0 Å². The number of carboxylic acids is 1. The smallest absolute Gasteiger partial charge is 0.320 e. The summed E-state index contributed by atoms with van der Waals surface area (Å²) in [5.74, 6) is 0.746. The summed E-state index contributed by atoms with van der Waals surface area (Å²) in [4.78, 5) is 26.4. The normalized spacial score (nSPS) is 25.6. The number of nitrogens with one attached hydrogen (secondary N) is 1. The summed E-state index contributed by atoms with van der Waals surface area (Å²) >= 11 is 0. The quantitative estimate of drug-likeness (QED) is 0.744. The van der Waals surface area contributed by atoms with Crippen LogP contribution in [0.4, 0.5) is 0 Å². The molecule has 4 atom stereocenters. The number of likely N-dealkylation sites (tertiary alicyclic amines) is 1. The highest BCUT2D eigenvalue weighted by atomic mass is 16.5. The van der Waals surface area contributed by atoms with Crippen LogP contribution < -0.4 is 14.8 Å². The van der Waals surface area contributed by atoms with Gasteiger partial charge in [0.25, 0.3) is 0 Å². The van der Waals surface area contributed by atoms with E-state index in [9.17, 15) is 14.7 Å². The molecule has 1 saturated carbocycles. The lowest BCUT2D eigenvalue weighted by atomic mass is 9.85. The number of carboxylic acid groups (broad SMARTS) is 1. The second-order valence-corrected chi connectivity index (χ2v) is 7.77. The zero-order valence-corrected chi connectivity index (χ0v) is 16.8. The number of carbonyl (C=O) groups is 2. The van der Waals surface area contributed by atoms with Crippen LogP contribution in [0.3, 0.4) is 0 Å². The first-order chi connectivity index (χ1) is 13.4. The van der Waals surface area contributed by atoms with Crippen LogP contribution in [-0.2, 0) is 9.59 Å². The van der Waals surface area contributed by atoms with Crippen LogP contribution in [0.15, 0.2) is 18.2 Å². The summed E-state index contributed by atoms with van der Waals surface area (Å²) in [7, 11) is 3.18. The molecule has 1 aromatic carbocycles. The third-order valence-electron chi connectivity index (χ3n) is 6.11. The molecule has 7 heteroatoms. The minimum absolute atomic E-state index is 0.106. The van der Waals surface area contributed by atoms with Gasteiger partial charge < -0.3 is 19.9 Å². The zero-order chi connectivity index (χ0) is 20.3. The largest absolute Gasteiger partial charge is 0.497 e. The van der Waals surface area contributed by atoms with E-state index in [1.807, 2.05) is 30.0 Å². The molecule has 7 nitrogen and oxygen atoms in total. The fourth-order valence-corrected chi connectivity index (χ4v) is 4.73. The highest BCUT2D eigenvalue weighted by molar-refractivity contribution is 5.80. The van der Waals surface area contributed by atoms with Crippen molar-refractivity contribution in [1.29, 1.82) is 0 Å². The Morgan fingerprint density at radius 2 is 2.00 bits per heavy atom. The van der Waals surface area contributed by atoms with Crippen LogP contribution in [0.2, 0.25) is 0 Å². The summed E-state index contributed by atoms with van der Waals surface area (Å²) in [6, 6.07) is 4.80. The van der Waals surface area contributed by atoms with Crippen molar-refractivity contribution in [3.8, 4) is 11.5 Å². The van der Waals surface area contributed by atoms with Gasteiger partial charge in [0.15, 0.2) is 0 Å². The lowest BCUT2D eigenvalue weighted by Crippen LogP contribution is -2.47. The van der Waals surface area contributed by atoms with E-state index in [2.05, 4.69) is 5.32 Å². The molecule has 2 fully saturated rings. The Morgan fingerprint density at radius 1 is 1.25 bits per heavy atom. The summed E-state index contributed by atoms with van der Waals surface area (Å²) in [6.07, 6.45) is 4.93. The maximum absolute atomic E-state index is 12.8. The van der Waals surface area contributed by atoms with E-state index in [4.69, 9.17) is 9.47 Å². The Bertz CT molecular complexity index is 723. The van der Waals surface area contributed by atoms with Crippen LogP contribution in [0.25, 0.3) is 0 Å². The standard InChI is InChI=1S/C21H30N2O5/c1-13(16-11-15(27-2)8-9-19(16)28-3)22-20(24)12-23-17-7-5-4-6-14(17)10-18(23)21(25)26/h8-9,11,13-14,17-18H,4-7,10,12H2,1-3H3,(H,22,24)(H,25,26). The molecule has 0 spiro atoms.